The molecular weight excluding hydrogens is 195 g/mol. The lowest BCUT2D eigenvalue weighted by Gasteiger charge is -2.11. The van der Waals surface area contributed by atoms with Gasteiger partial charge in [-0.1, -0.05) is 0 Å². The first-order valence-electron chi connectivity index (χ1n) is 4.67. The minimum atomic E-state index is -0.341. The van der Waals surface area contributed by atoms with Crippen molar-refractivity contribution in [2.75, 3.05) is 5.32 Å². The third-order valence-electron chi connectivity index (χ3n) is 2.06. The van der Waals surface area contributed by atoms with Crippen LogP contribution in [-0.4, -0.2) is 4.98 Å². The molecule has 3 nitrogen and oxygen atoms in total. The topological polar surface area (TPSA) is 38.1 Å². The van der Waals surface area contributed by atoms with Gasteiger partial charge in [-0.05, 0) is 31.2 Å². The lowest BCUT2D eigenvalue weighted by Crippen LogP contribution is -2.06. The highest BCUT2D eigenvalue weighted by Gasteiger charge is 2.07. The molecule has 4 heteroatoms. The first kappa shape index (κ1) is 9.71. The van der Waals surface area contributed by atoms with E-state index in [2.05, 4.69) is 10.3 Å². The van der Waals surface area contributed by atoms with E-state index in [1.54, 1.807) is 12.3 Å². The molecule has 2 rings (SSSR count). The van der Waals surface area contributed by atoms with Crippen molar-refractivity contribution < 1.29 is 8.81 Å². The average molecular weight is 206 g/mol. The quantitative estimate of drug-likeness (QED) is 0.838. The molecule has 2 heterocycles. The van der Waals surface area contributed by atoms with Crippen molar-refractivity contribution in [3.63, 3.8) is 0 Å². The van der Waals surface area contributed by atoms with Gasteiger partial charge in [-0.15, -0.1) is 0 Å². The van der Waals surface area contributed by atoms with Gasteiger partial charge in [-0.3, -0.25) is 0 Å². The summed E-state index contributed by atoms with van der Waals surface area (Å²) in [5, 5.41) is 3.10. The SMILES string of the molecule is CC(Nc1ccc(F)cn1)c1ccco1. The predicted octanol–water partition coefficient (Wildman–Crippen LogP) is 2.99. The summed E-state index contributed by atoms with van der Waals surface area (Å²) in [7, 11) is 0. The molecule has 1 N–H and O–H groups in total. The van der Waals surface area contributed by atoms with E-state index >= 15 is 0 Å². The number of pyridine rings is 1. The Balaban J connectivity index is 2.06. The Labute approximate surface area is 86.9 Å². The monoisotopic (exact) mass is 206 g/mol. The molecule has 78 valence electrons. The number of hydrogen-bond donors (Lipinski definition) is 1. The van der Waals surface area contributed by atoms with Gasteiger partial charge < -0.3 is 9.73 Å². The van der Waals surface area contributed by atoms with Crippen molar-refractivity contribution in [1.29, 1.82) is 0 Å². The van der Waals surface area contributed by atoms with Crippen molar-refractivity contribution >= 4 is 5.82 Å². The van der Waals surface area contributed by atoms with Crippen molar-refractivity contribution in [3.05, 3.63) is 48.3 Å². The third-order valence-corrected chi connectivity index (χ3v) is 2.06. The second-order valence-electron chi connectivity index (χ2n) is 3.24. The molecule has 1 unspecified atom stereocenters. The summed E-state index contributed by atoms with van der Waals surface area (Å²) in [6.07, 6.45) is 2.79. The van der Waals surface area contributed by atoms with Crippen LogP contribution in [0, 0.1) is 5.82 Å². The van der Waals surface area contributed by atoms with Crippen LogP contribution in [0.5, 0.6) is 0 Å². The van der Waals surface area contributed by atoms with Crippen molar-refractivity contribution in [2.45, 2.75) is 13.0 Å². The van der Waals surface area contributed by atoms with Crippen molar-refractivity contribution in [3.8, 4) is 0 Å². The molecule has 2 aromatic rings. The Kier molecular flexibility index (Phi) is 2.67. The zero-order valence-corrected chi connectivity index (χ0v) is 8.27. The Bertz CT molecular complexity index is 411. The van der Waals surface area contributed by atoms with Gasteiger partial charge in [0.25, 0.3) is 0 Å². The predicted molar refractivity (Wildman–Crippen MR) is 54.9 cm³/mol. The fourth-order valence-electron chi connectivity index (χ4n) is 1.29. The van der Waals surface area contributed by atoms with E-state index in [1.807, 2.05) is 19.1 Å². The lowest BCUT2D eigenvalue weighted by atomic mass is 10.2. The van der Waals surface area contributed by atoms with Crippen molar-refractivity contribution in [2.24, 2.45) is 0 Å². The van der Waals surface area contributed by atoms with Crippen molar-refractivity contribution in [1.82, 2.24) is 4.98 Å². The summed E-state index contributed by atoms with van der Waals surface area (Å²) >= 11 is 0. The second kappa shape index (κ2) is 4.13. The Hall–Kier alpha value is -1.84. The van der Waals surface area contributed by atoms with Gasteiger partial charge in [0.1, 0.15) is 17.4 Å². The standard InChI is InChI=1S/C11H11FN2O/c1-8(10-3-2-6-15-10)14-11-5-4-9(12)7-13-11/h2-8H,1H3,(H,13,14). The van der Waals surface area contributed by atoms with Gasteiger partial charge in [0.05, 0.1) is 18.5 Å². The van der Waals surface area contributed by atoms with Crippen LogP contribution in [0.15, 0.2) is 41.1 Å². The van der Waals surface area contributed by atoms with E-state index < -0.39 is 0 Å². The molecule has 0 saturated carbocycles. The maximum absolute atomic E-state index is 12.6. The Morgan fingerprint density at radius 2 is 2.27 bits per heavy atom. The second-order valence-corrected chi connectivity index (χ2v) is 3.24. The third kappa shape index (κ3) is 2.34. The molecule has 0 aliphatic carbocycles. The van der Waals surface area contributed by atoms with Crippen LogP contribution >= 0.6 is 0 Å². The summed E-state index contributed by atoms with van der Waals surface area (Å²) in [4.78, 5) is 3.90. The van der Waals surface area contributed by atoms with Gasteiger partial charge in [0.2, 0.25) is 0 Å². The van der Waals surface area contributed by atoms with E-state index in [4.69, 9.17) is 4.42 Å². The zero-order chi connectivity index (χ0) is 10.7. The molecule has 15 heavy (non-hydrogen) atoms. The van der Waals surface area contributed by atoms with Gasteiger partial charge in [-0.25, -0.2) is 9.37 Å². The summed E-state index contributed by atoms with van der Waals surface area (Å²) in [5.41, 5.74) is 0. The summed E-state index contributed by atoms with van der Waals surface area (Å²) < 4.78 is 17.8. The highest BCUT2D eigenvalue weighted by atomic mass is 19.1. The summed E-state index contributed by atoms with van der Waals surface area (Å²) in [6.45, 7) is 1.95. The highest BCUT2D eigenvalue weighted by Crippen LogP contribution is 2.17. The first-order valence-corrected chi connectivity index (χ1v) is 4.67. The van der Waals surface area contributed by atoms with Crippen LogP contribution in [0.25, 0.3) is 0 Å². The fraction of sp³-hybridized carbons (Fsp3) is 0.182. The molecule has 0 spiro atoms. The summed E-state index contributed by atoms with van der Waals surface area (Å²) in [6, 6.07) is 6.67. The number of nitrogens with one attached hydrogen (secondary N) is 1. The van der Waals surface area contributed by atoms with Crippen LogP contribution in [0.2, 0.25) is 0 Å². The molecular formula is C11H11FN2O. The zero-order valence-electron chi connectivity index (χ0n) is 8.27. The number of aromatic nitrogens is 1. The number of rotatable bonds is 3. The molecule has 0 aliphatic heterocycles. The van der Waals surface area contributed by atoms with Gasteiger partial charge >= 0.3 is 0 Å². The molecule has 1 atom stereocenters. The molecule has 0 bridgehead atoms. The van der Waals surface area contributed by atoms with Gasteiger partial charge in [0.15, 0.2) is 0 Å². The van der Waals surface area contributed by atoms with E-state index in [0.29, 0.717) is 5.82 Å². The largest absolute Gasteiger partial charge is 0.467 e. The normalized spacial score (nSPS) is 12.4. The number of halogens is 1. The molecule has 0 radical (unpaired) electrons. The number of nitrogens with zero attached hydrogens (tertiary/aromatic N) is 1. The minimum Gasteiger partial charge on any atom is -0.467 e. The van der Waals surface area contributed by atoms with Crippen LogP contribution in [0.3, 0.4) is 0 Å². The van der Waals surface area contributed by atoms with Crippen LogP contribution in [-0.2, 0) is 0 Å². The van der Waals surface area contributed by atoms with Crippen LogP contribution < -0.4 is 5.32 Å². The smallest absolute Gasteiger partial charge is 0.141 e. The van der Waals surface area contributed by atoms with E-state index in [1.165, 1.54) is 12.3 Å². The highest BCUT2D eigenvalue weighted by molar-refractivity contribution is 5.35. The Morgan fingerprint density at radius 1 is 1.40 bits per heavy atom. The maximum Gasteiger partial charge on any atom is 0.141 e. The number of furan rings is 1. The Morgan fingerprint density at radius 3 is 2.87 bits per heavy atom. The fourth-order valence-corrected chi connectivity index (χ4v) is 1.29. The summed E-state index contributed by atoms with van der Waals surface area (Å²) in [5.74, 6) is 1.10. The molecule has 0 aliphatic rings. The van der Waals surface area contributed by atoms with Crippen LogP contribution in [0.1, 0.15) is 18.7 Å². The van der Waals surface area contributed by atoms with Gasteiger partial charge in [-0.2, -0.15) is 0 Å². The van der Waals surface area contributed by atoms with Gasteiger partial charge in [0, 0.05) is 0 Å². The molecule has 0 amide bonds. The van der Waals surface area contributed by atoms with E-state index in [0.717, 1.165) is 5.76 Å². The number of hydrogen-bond acceptors (Lipinski definition) is 3. The van der Waals surface area contributed by atoms with Crippen LogP contribution in [0.4, 0.5) is 10.2 Å². The number of anilines is 1. The van der Waals surface area contributed by atoms with E-state index in [9.17, 15) is 4.39 Å². The average Bonchev–Trinajstić information content (AvgIpc) is 2.74. The molecule has 2 aromatic heterocycles. The minimum absolute atomic E-state index is 0.0120. The molecule has 0 saturated heterocycles. The van der Waals surface area contributed by atoms with E-state index in [-0.39, 0.29) is 11.9 Å². The maximum atomic E-state index is 12.6. The first-order chi connectivity index (χ1) is 7.25. The lowest BCUT2D eigenvalue weighted by molar-refractivity contribution is 0.490. The molecule has 0 aromatic carbocycles. The molecule has 0 fully saturated rings.